The lowest BCUT2D eigenvalue weighted by Gasteiger charge is -2.24. The average Bonchev–Trinajstić information content (AvgIpc) is 2.17. The van der Waals surface area contributed by atoms with E-state index in [4.69, 9.17) is 0 Å². The summed E-state index contributed by atoms with van der Waals surface area (Å²) in [7, 11) is 4.22. The van der Waals surface area contributed by atoms with Crippen molar-refractivity contribution in [2.24, 2.45) is 0 Å². The predicted octanol–water partition coefficient (Wildman–Crippen LogP) is 1.40. The summed E-state index contributed by atoms with van der Waals surface area (Å²) in [4.78, 5) is 2.20. The van der Waals surface area contributed by atoms with E-state index < -0.39 is 0 Å². The highest BCUT2D eigenvalue weighted by Crippen LogP contribution is 2.24. The molecule has 13 heavy (non-hydrogen) atoms. The minimum absolute atomic E-state index is 1.02. The van der Waals surface area contributed by atoms with Gasteiger partial charge in [0, 0.05) is 26.3 Å². The molecule has 1 heterocycles. The van der Waals surface area contributed by atoms with Gasteiger partial charge in [0.25, 0.3) is 0 Å². The van der Waals surface area contributed by atoms with Gasteiger partial charge in [-0.1, -0.05) is 12.1 Å². The first-order valence-electron chi connectivity index (χ1n) is 4.78. The van der Waals surface area contributed by atoms with Crippen LogP contribution in [0.15, 0.2) is 18.2 Å². The molecule has 0 saturated carbocycles. The van der Waals surface area contributed by atoms with Crippen LogP contribution < -0.4 is 10.2 Å². The smallest absolute Gasteiger partial charge is 0.0397 e. The first-order chi connectivity index (χ1) is 6.29. The summed E-state index contributed by atoms with van der Waals surface area (Å²) in [5, 5.41) is 3.39. The van der Waals surface area contributed by atoms with Gasteiger partial charge < -0.3 is 10.2 Å². The molecule has 0 amide bonds. The fourth-order valence-corrected chi connectivity index (χ4v) is 1.93. The zero-order chi connectivity index (χ0) is 9.26. The first kappa shape index (κ1) is 8.57. The van der Waals surface area contributed by atoms with Gasteiger partial charge >= 0.3 is 0 Å². The number of nitrogens with one attached hydrogen (secondary N) is 1. The fraction of sp³-hybridized carbons (Fsp3) is 0.455. The predicted molar refractivity (Wildman–Crippen MR) is 56.2 cm³/mol. The molecule has 0 aromatic heterocycles. The largest absolute Gasteiger partial charge is 0.377 e. The Balaban J connectivity index is 2.46. The highest BCUT2D eigenvalue weighted by molar-refractivity contribution is 5.56. The number of benzene rings is 1. The molecule has 70 valence electrons. The molecule has 0 bridgehead atoms. The lowest BCUT2D eigenvalue weighted by Crippen LogP contribution is -2.25. The number of hydrogen-bond acceptors (Lipinski definition) is 2. The van der Waals surface area contributed by atoms with Crippen LogP contribution in [0.3, 0.4) is 0 Å². The Hall–Kier alpha value is -1.02. The lowest BCUT2D eigenvalue weighted by atomic mass is 9.99. The average molecular weight is 176 g/mol. The van der Waals surface area contributed by atoms with Gasteiger partial charge in [-0.15, -0.1) is 0 Å². The molecule has 0 spiro atoms. The second kappa shape index (κ2) is 3.38. The quantitative estimate of drug-likeness (QED) is 0.695. The van der Waals surface area contributed by atoms with Crippen molar-refractivity contribution in [2.45, 2.75) is 13.0 Å². The highest BCUT2D eigenvalue weighted by Gasteiger charge is 2.12. The normalized spacial score (nSPS) is 15.2. The third kappa shape index (κ3) is 1.54. The van der Waals surface area contributed by atoms with Crippen molar-refractivity contribution in [2.75, 3.05) is 25.5 Å². The number of nitrogens with zero attached hydrogens (tertiary/aromatic N) is 1. The number of rotatable bonds is 1. The first-order valence-corrected chi connectivity index (χ1v) is 4.78. The Kier molecular flexibility index (Phi) is 2.23. The summed E-state index contributed by atoms with van der Waals surface area (Å²) in [5.41, 5.74) is 4.35. The molecule has 0 radical (unpaired) electrons. The maximum absolute atomic E-state index is 3.39. The second-order valence-corrected chi connectivity index (χ2v) is 3.74. The Morgan fingerprint density at radius 2 is 2.15 bits per heavy atom. The SMILES string of the molecule is CN(C)c1cccc2c1CCNC2. The molecule has 1 aliphatic rings. The van der Waals surface area contributed by atoms with Gasteiger partial charge in [-0.2, -0.15) is 0 Å². The summed E-state index contributed by atoms with van der Waals surface area (Å²) in [6.45, 7) is 2.13. The molecular weight excluding hydrogens is 160 g/mol. The van der Waals surface area contributed by atoms with Crippen LogP contribution in [0.5, 0.6) is 0 Å². The Bertz CT molecular complexity index is 305. The van der Waals surface area contributed by atoms with E-state index in [1.54, 1.807) is 0 Å². The third-order valence-electron chi connectivity index (χ3n) is 2.60. The van der Waals surface area contributed by atoms with Gasteiger partial charge in [-0.3, -0.25) is 0 Å². The zero-order valence-electron chi connectivity index (χ0n) is 8.30. The van der Waals surface area contributed by atoms with Crippen molar-refractivity contribution in [3.8, 4) is 0 Å². The van der Waals surface area contributed by atoms with Crippen LogP contribution in [0.25, 0.3) is 0 Å². The topological polar surface area (TPSA) is 15.3 Å². The number of hydrogen-bond donors (Lipinski definition) is 1. The van der Waals surface area contributed by atoms with Crippen LogP contribution in [0.1, 0.15) is 11.1 Å². The van der Waals surface area contributed by atoms with Crippen molar-refractivity contribution < 1.29 is 0 Å². The summed E-state index contributed by atoms with van der Waals surface area (Å²) >= 11 is 0. The summed E-state index contributed by atoms with van der Waals surface area (Å²) in [6, 6.07) is 6.56. The molecule has 1 aliphatic heterocycles. The Morgan fingerprint density at radius 3 is 2.92 bits per heavy atom. The molecule has 0 atom stereocenters. The minimum Gasteiger partial charge on any atom is -0.377 e. The number of fused-ring (bicyclic) bond motifs is 1. The molecule has 1 N–H and O–H groups in total. The molecule has 0 aliphatic carbocycles. The maximum atomic E-state index is 3.39. The monoisotopic (exact) mass is 176 g/mol. The molecule has 2 rings (SSSR count). The van der Waals surface area contributed by atoms with Crippen LogP contribution in [-0.2, 0) is 13.0 Å². The van der Waals surface area contributed by atoms with Gasteiger partial charge in [0.15, 0.2) is 0 Å². The zero-order valence-corrected chi connectivity index (χ0v) is 8.30. The molecule has 0 fully saturated rings. The van der Waals surface area contributed by atoms with E-state index in [-0.39, 0.29) is 0 Å². The van der Waals surface area contributed by atoms with Crippen LogP contribution in [0.4, 0.5) is 5.69 Å². The van der Waals surface area contributed by atoms with Gasteiger partial charge in [0.2, 0.25) is 0 Å². The minimum atomic E-state index is 1.02. The van der Waals surface area contributed by atoms with Crippen LogP contribution >= 0.6 is 0 Å². The van der Waals surface area contributed by atoms with E-state index in [1.165, 1.54) is 16.8 Å². The van der Waals surface area contributed by atoms with Crippen molar-refractivity contribution >= 4 is 5.69 Å². The van der Waals surface area contributed by atoms with E-state index in [1.807, 2.05) is 0 Å². The molecule has 2 nitrogen and oxygen atoms in total. The third-order valence-corrected chi connectivity index (χ3v) is 2.60. The van der Waals surface area contributed by atoms with E-state index in [0.29, 0.717) is 0 Å². The van der Waals surface area contributed by atoms with Crippen molar-refractivity contribution in [1.82, 2.24) is 5.32 Å². The van der Waals surface area contributed by atoms with E-state index in [9.17, 15) is 0 Å². The second-order valence-electron chi connectivity index (χ2n) is 3.74. The van der Waals surface area contributed by atoms with Gasteiger partial charge in [-0.05, 0) is 30.2 Å². The Labute approximate surface area is 79.6 Å². The van der Waals surface area contributed by atoms with Gasteiger partial charge in [0.05, 0.1) is 0 Å². The van der Waals surface area contributed by atoms with Crippen LogP contribution in [0, 0.1) is 0 Å². The molecule has 2 heteroatoms. The standard InChI is InChI=1S/C11H16N2/c1-13(2)11-5-3-4-9-8-12-7-6-10(9)11/h3-5,12H,6-8H2,1-2H3. The van der Waals surface area contributed by atoms with Crippen molar-refractivity contribution in [3.63, 3.8) is 0 Å². The van der Waals surface area contributed by atoms with Crippen LogP contribution in [0.2, 0.25) is 0 Å². The number of anilines is 1. The molecule has 1 aromatic carbocycles. The van der Waals surface area contributed by atoms with E-state index in [2.05, 4.69) is 42.5 Å². The molecule has 1 aromatic rings. The molecular formula is C11H16N2. The molecule has 0 saturated heterocycles. The maximum Gasteiger partial charge on any atom is 0.0397 e. The lowest BCUT2D eigenvalue weighted by molar-refractivity contribution is 0.643. The van der Waals surface area contributed by atoms with E-state index >= 15 is 0 Å². The van der Waals surface area contributed by atoms with Gasteiger partial charge in [-0.25, -0.2) is 0 Å². The molecule has 0 unspecified atom stereocenters. The van der Waals surface area contributed by atoms with E-state index in [0.717, 1.165) is 19.5 Å². The van der Waals surface area contributed by atoms with Crippen molar-refractivity contribution in [1.29, 1.82) is 0 Å². The summed E-state index contributed by atoms with van der Waals surface area (Å²) in [6.07, 6.45) is 1.16. The fourth-order valence-electron chi connectivity index (χ4n) is 1.93. The highest BCUT2D eigenvalue weighted by atomic mass is 15.1. The summed E-state index contributed by atoms with van der Waals surface area (Å²) in [5.74, 6) is 0. The van der Waals surface area contributed by atoms with Crippen LogP contribution in [-0.4, -0.2) is 20.6 Å². The van der Waals surface area contributed by atoms with Gasteiger partial charge in [0.1, 0.15) is 0 Å². The Morgan fingerprint density at radius 1 is 1.31 bits per heavy atom. The summed E-state index contributed by atoms with van der Waals surface area (Å²) < 4.78 is 0. The van der Waals surface area contributed by atoms with Crippen molar-refractivity contribution in [3.05, 3.63) is 29.3 Å².